The van der Waals surface area contributed by atoms with Gasteiger partial charge in [0.2, 0.25) is 5.91 Å². The fourth-order valence-corrected chi connectivity index (χ4v) is 1.61. The molecule has 2 N–H and O–H groups in total. The Morgan fingerprint density at radius 2 is 2.11 bits per heavy atom. The van der Waals surface area contributed by atoms with Crippen molar-refractivity contribution in [3.05, 3.63) is 35.4 Å². The number of halogens is 2. The molecule has 1 atom stereocenters. The molecule has 0 aromatic heterocycles. The second-order valence-corrected chi connectivity index (χ2v) is 4.53. The summed E-state index contributed by atoms with van der Waals surface area (Å²) in [5, 5.41) is 0. The highest BCUT2D eigenvalue weighted by Gasteiger charge is 2.14. The first-order valence-electron chi connectivity index (χ1n) is 5.82. The van der Waals surface area contributed by atoms with E-state index in [4.69, 9.17) is 5.73 Å². The van der Waals surface area contributed by atoms with Crippen molar-refractivity contribution in [1.82, 2.24) is 4.90 Å². The molecule has 0 heterocycles. The molecule has 0 saturated heterocycles. The minimum absolute atomic E-state index is 0.0695. The van der Waals surface area contributed by atoms with E-state index in [9.17, 15) is 13.6 Å². The van der Waals surface area contributed by atoms with E-state index in [0.29, 0.717) is 13.1 Å². The Labute approximate surface area is 106 Å². The molecule has 0 spiro atoms. The van der Waals surface area contributed by atoms with Crippen LogP contribution in [0.2, 0.25) is 0 Å². The highest BCUT2D eigenvalue weighted by molar-refractivity contribution is 5.78. The van der Waals surface area contributed by atoms with Crippen LogP contribution in [0, 0.1) is 17.6 Å². The number of carbonyl (C=O) groups is 1. The topological polar surface area (TPSA) is 46.3 Å². The molecule has 0 aliphatic heterocycles. The second-order valence-electron chi connectivity index (χ2n) is 4.53. The largest absolute Gasteiger partial charge is 0.345 e. The minimum Gasteiger partial charge on any atom is -0.345 e. The highest BCUT2D eigenvalue weighted by atomic mass is 19.1. The zero-order valence-corrected chi connectivity index (χ0v) is 10.6. The number of hydrogen-bond acceptors (Lipinski definition) is 2. The Morgan fingerprint density at radius 1 is 1.44 bits per heavy atom. The first-order valence-corrected chi connectivity index (χ1v) is 5.82. The first-order chi connectivity index (χ1) is 8.43. The summed E-state index contributed by atoms with van der Waals surface area (Å²) in [6, 6.07) is 3.22. The molecule has 1 unspecified atom stereocenters. The Kier molecular flexibility index (Phi) is 5.22. The summed E-state index contributed by atoms with van der Waals surface area (Å²) in [6.07, 6.45) is -0.0695. The Morgan fingerprint density at radius 3 is 2.67 bits per heavy atom. The minimum atomic E-state index is -0.691. The van der Waals surface area contributed by atoms with Crippen LogP contribution in [0.25, 0.3) is 0 Å². The molecule has 0 saturated carbocycles. The zero-order valence-electron chi connectivity index (χ0n) is 10.6. The van der Waals surface area contributed by atoms with Crippen molar-refractivity contribution in [2.75, 3.05) is 20.1 Å². The van der Waals surface area contributed by atoms with Crippen LogP contribution in [-0.2, 0) is 11.2 Å². The van der Waals surface area contributed by atoms with Gasteiger partial charge in [0.15, 0.2) is 0 Å². The average Bonchev–Trinajstić information content (AvgIpc) is 2.32. The highest BCUT2D eigenvalue weighted by Crippen LogP contribution is 2.11. The summed E-state index contributed by atoms with van der Waals surface area (Å²) >= 11 is 0. The molecule has 0 radical (unpaired) electrons. The van der Waals surface area contributed by atoms with E-state index in [1.54, 1.807) is 7.05 Å². The molecule has 5 heteroatoms. The third-order valence-electron chi connectivity index (χ3n) is 2.77. The van der Waals surface area contributed by atoms with Crippen molar-refractivity contribution >= 4 is 5.91 Å². The van der Waals surface area contributed by atoms with Gasteiger partial charge in [-0.2, -0.15) is 0 Å². The van der Waals surface area contributed by atoms with Gasteiger partial charge in [0.05, 0.1) is 6.42 Å². The van der Waals surface area contributed by atoms with Gasteiger partial charge in [-0.1, -0.05) is 13.0 Å². The van der Waals surface area contributed by atoms with E-state index in [-0.39, 0.29) is 23.8 Å². The molecule has 1 aromatic rings. The van der Waals surface area contributed by atoms with Gasteiger partial charge >= 0.3 is 0 Å². The summed E-state index contributed by atoms with van der Waals surface area (Å²) in [7, 11) is 1.65. The predicted molar refractivity (Wildman–Crippen MR) is 65.9 cm³/mol. The van der Waals surface area contributed by atoms with Crippen LogP contribution in [0.3, 0.4) is 0 Å². The van der Waals surface area contributed by atoms with Crippen LogP contribution >= 0.6 is 0 Å². The van der Waals surface area contributed by atoms with E-state index < -0.39 is 11.6 Å². The van der Waals surface area contributed by atoms with Gasteiger partial charge in [-0.15, -0.1) is 0 Å². The number of hydrogen-bond donors (Lipinski definition) is 1. The summed E-state index contributed by atoms with van der Waals surface area (Å²) in [5.41, 5.74) is 5.68. The smallest absolute Gasteiger partial charge is 0.226 e. The second kappa shape index (κ2) is 6.44. The maximum atomic E-state index is 13.4. The molecule has 1 aromatic carbocycles. The van der Waals surface area contributed by atoms with Crippen LogP contribution in [-0.4, -0.2) is 30.9 Å². The monoisotopic (exact) mass is 256 g/mol. The number of carbonyl (C=O) groups excluding carboxylic acids is 1. The molecule has 0 aliphatic rings. The van der Waals surface area contributed by atoms with Crippen molar-refractivity contribution in [2.45, 2.75) is 13.3 Å². The molecule has 1 rings (SSSR count). The SMILES string of the molecule is CC(CN)CN(C)C(=O)Cc1ccc(F)cc1F. The van der Waals surface area contributed by atoms with Crippen molar-refractivity contribution in [3.8, 4) is 0 Å². The molecule has 0 aliphatic carbocycles. The molecule has 18 heavy (non-hydrogen) atoms. The molecule has 0 fully saturated rings. The van der Waals surface area contributed by atoms with Crippen molar-refractivity contribution < 1.29 is 13.6 Å². The molecule has 100 valence electrons. The fraction of sp³-hybridized carbons (Fsp3) is 0.462. The Bertz CT molecular complexity index is 423. The van der Waals surface area contributed by atoms with Crippen LogP contribution in [0.5, 0.6) is 0 Å². The molecule has 0 bridgehead atoms. The number of benzene rings is 1. The van der Waals surface area contributed by atoms with E-state index in [0.717, 1.165) is 12.1 Å². The van der Waals surface area contributed by atoms with Crippen LogP contribution in [0.4, 0.5) is 8.78 Å². The molecule has 1 amide bonds. The quantitative estimate of drug-likeness (QED) is 0.869. The zero-order chi connectivity index (χ0) is 13.7. The van der Waals surface area contributed by atoms with Gasteiger partial charge in [-0.3, -0.25) is 4.79 Å². The Balaban J connectivity index is 2.64. The summed E-state index contributed by atoms with van der Waals surface area (Å²) in [6.45, 7) is 2.95. The lowest BCUT2D eigenvalue weighted by atomic mass is 10.1. The van der Waals surface area contributed by atoms with Crippen LogP contribution in [0.1, 0.15) is 12.5 Å². The van der Waals surface area contributed by atoms with Crippen LogP contribution < -0.4 is 5.73 Å². The van der Waals surface area contributed by atoms with Crippen molar-refractivity contribution in [1.29, 1.82) is 0 Å². The predicted octanol–water partition coefficient (Wildman–Crippen LogP) is 1.56. The van der Waals surface area contributed by atoms with Gasteiger partial charge in [0.1, 0.15) is 11.6 Å². The van der Waals surface area contributed by atoms with Gasteiger partial charge in [0, 0.05) is 19.7 Å². The average molecular weight is 256 g/mol. The van der Waals surface area contributed by atoms with Crippen molar-refractivity contribution in [2.24, 2.45) is 11.7 Å². The standard InChI is InChI=1S/C13H18F2N2O/c1-9(7-16)8-17(2)13(18)5-10-3-4-11(14)6-12(10)15/h3-4,6,9H,5,7-8,16H2,1-2H3. The maximum absolute atomic E-state index is 13.4. The van der Waals surface area contributed by atoms with E-state index >= 15 is 0 Å². The molecular formula is C13H18F2N2O. The van der Waals surface area contributed by atoms with E-state index in [2.05, 4.69) is 0 Å². The number of rotatable bonds is 5. The fourth-order valence-electron chi connectivity index (χ4n) is 1.61. The third kappa shape index (κ3) is 4.07. The lowest BCUT2D eigenvalue weighted by molar-refractivity contribution is -0.129. The van der Waals surface area contributed by atoms with Gasteiger partial charge < -0.3 is 10.6 Å². The number of amides is 1. The summed E-state index contributed by atoms with van der Waals surface area (Å²) in [5.74, 6) is -1.35. The number of likely N-dealkylation sites (N-methyl/N-ethyl adjacent to an activating group) is 1. The van der Waals surface area contributed by atoms with E-state index in [1.165, 1.54) is 11.0 Å². The van der Waals surface area contributed by atoms with E-state index in [1.807, 2.05) is 6.92 Å². The number of nitrogens with zero attached hydrogens (tertiary/aromatic N) is 1. The van der Waals surface area contributed by atoms with Gasteiger partial charge in [-0.05, 0) is 24.1 Å². The number of nitrogens with two attached hydrogens (primary N) is 1. The first kappa shape index (κ1) is 14.6. The maximum Gasteiger partial charge on any atom is 0.226 e. The lowest BCUT2D eigenvalue weighted by Gasteiger charge is -2.20. The lowest BCUT2D eigenvalue weighted by Crippen LogP contribution is -2.34. The van der Waals surface area contributed by atoms with Crippen LogP contribution in [0.15, 0.2) is 18.2 Å². The molecule has 3 nitrogen and oxygen atoms in total. The summed E-state index contributed by atoms with van der Waals surface area (Å²) in [4.78, 5) is 13.3. The van der Waals surface area contributed by atoms with Crippen molar-refractivity contribution in [3.63, 3.8) is 0 Å². The van der Waals surface area contributed by atoms with Gasteiger partial charge in [-0.25, -0.2) is 8.78 Å². The normalized spacial score (nSPS) is 12.3. The van der Waals surface area contributed by atoms with Gasteiger partial charge in [0.25, 0.3) is 0 Å². The molecular weight excluding hydrogens is 238 g/mol. The Hall–Kier alpha value is -1.49. The third-order valence-corrected chi connectivity index (χ3v) is 2.77. The summed E-state index contributed by atoms with van der Waals surface area (Å²) < 4.78 is 26.1.